The van der Waals surface area contributed by atoms with Crippen molar-refractivity contribution in [2.24, 2.45) is 5.92 Å². The molecule has 0 amide bonds. The number of rotatable bonds is 4. The zero-order valence-electron chi connectivity index (χ0n) is 16.9. The van der Waals surface area contributed by atoms with E-state index in [-0.39, 0.29) is 22.6 Å². The molecule has 31 heavy (non-hydrogen) atoms. The fourth-order valence-electron chi connectivity index (χ4n) is 4.80. The van der Waals surface area contributed by atoms with Gasteiger partial charge in [-0.3, -0.25) is 14.8 Å². The van der Waals surface area contributed by atoms with Crippen molar-refractivity contribution in [3.05, 3.63) is 70.3 Å². The zero-order chi connectivity index (χ0) is 21.8. The number of ether oxygens (including phenoxy) is 1. The van der Waals surface area contributed by atoms with E-state index in [4.69, 9.17) is 4.74 Å². The zero-order valence-corrected chi connectivity index (χ0v) is 17.8. The lowest BCUT2D eigenvalue weighted by Crippen LogP contribution is -2.26. The van der Waals surface area contributed by atoms with Gasteiger partial charge in [0.05, 0.1) is 15.5 Å². The second-order valence-electron chi connectivity index (χ2n) is 8.43. The molecule has 5 rings (SSSR count). The van der Waals surface area contributed by atoms with E-state index in [1.165, 1.54) is 18.2 Å². The molecule has 2 aliphatic rings. The van der Waals surface area contributed by atoms with Crippen molar-refractivity contribution >= 4 is 32.2 Å². The molecule has 0 radical (unpaired) electrons. The average molecular weight is 439 g/mol. The number of fused-ring (bicyclic) bond motifs is 5. The predicted molar refractivity (Wildman–Crippen MR) is 118 cm³/mol. The molecular formula is C23H22N2O5S. The standard InChI is InChI=1S/C23H22N2O5S/c1-14-9-10-22-19(11-14)20-13-21(17-7-2-3-8-18(17)23(20)30-22)24-31(28,29)16-6-4-5-15(12-16)25(26)27/h2-8,12-14,19,22,24H,9-11H2,1H3/t14-,19-,22+/m1/s1. The van der Waals surface area contributed by atoms with E-state index in [2.05, 4.69) is 11.6 Å². The quantitative estimate of drug-likeness (QED) is 0.445. The lowest BCUT2D eigenvalue weighted by atomic mass is 9.77. The van der Waals surface area contributed by atoms with Crippen molar-refractivity contribution in [3.63, 3.8) is 0 Å². The van der Waals surface area contributed by atoms with Crippen LogP contribution in [0.3, 0.4) is 0 Å². The van der Waals surface area contributed by atoms with Gasteiger partial charge in [-0.2, -0.15) is 0 Å². The SMILES string of the molecule is C[C@@H]1CC[C@@H]2Oc3c(cc(NS(=O)(=O)c4cccc([N+](=O)[O-])c4)c4ccccc34)[C@H]2C1. The molecule has 7 nitrogen and oxygen atoms in total. The largest absolute Gasteiger partial charge is 0.489 e. The number of non-ortho nitro benzene ring substituents is 1. The highest BCUT2D eigenvalue weighted by molar-refractivity contribution is 7.92. The first kappa shape index (κ1) is 19.8. The third-order valence-corrected chi connectivity index (χ3v) is 7.69. The van der Waals surface area contributed by atoms with Gasteiger partial charge in [0.2, 0.25) is 0 Å². The fraction of sp³-hybridized carbons (Fsp3) is 0.304. The fourth-order valence-corrected chi connectivity index (χ4v) is 5.91. The van der Waals surface area contributed by atoms with Crippen molar-refractivity contribution in [1.82, 2.24) is 0 Å². The minimum absolute atomic E-state index is 0.123. The van der Waals surface area contributed by atoms with Gasteiger partial charge < -0.3 is 4.74 Å². The molecule has 1 saturated carbocycles. The first-order chi connectivity index (χ1) is 14.8. The number of benzene rings is 3. The molecule has 1 heterocycles. The van der Waals surface area contributed by atoms with Crippen LogP contribution in [-0.2, 0) is 10.0 Å². The summed E-state index contributed by atoms with van der Waals surface area (Å²) in [7, 11) is -4.01. The highest BCUT2D eigenvalue weighted by Crippen LogP contribution is 2.51. The van der Waals surface area contributed by atoms with E-state index >= 15 is 0 Å². The Labute approximate surface area is 180 Å². The predicted octanol–water partition coefficient (Wildman–Crippen LogP) is 5.21. The van der Waals surface area contributed by atoms with Crippen LogP contribution in [0.5, 0.6) is 5.75 Å². The lowest BCUT2D eigenvalue weighted by Gasteiger charge is -2.28. The number of hydrogen-bond donors (Lipinski definition) is 1. The smallest absolute Gasteiger partial charge is 0.270 e. The molecule has 0 spiro atoms. The monoisotopic (exact) mass is 438 g/mol. The normalized spacial score (nSPS) is 22.4. The van der Waals surface area contributed by atoms with Crippen molar-refractivity contribution in [2.75, 3.05) is 4.72 Å². The maximum Gasteiger partial charge on any atom is 0.270 e. The highest BCUT2D eigenvalue weighted by atomic mass is 32.2. The summed E-state index contributed by atoms with van der Waals surface area (Å²) in [4.78, 5) is 10.3. The molecule has 1 aliphatic heterocycles. The summed E-state index contributed by atoms with van der Waals surface area (Å²) in [5, 5.41) is 12.7. The van der Waals surface area contributed by atoms with E-state index in [0.29, 0.717) is 11.6 Å². The van der Waals surface area contributed by atoms with Crippen LogP contribution in [0.25, 0.3) is 10.8 Å². The van der Waals surface area contributed by atoms with Crippen molar-refractivity contribution in [1.29, 1.82) is 0 Å². The van der Waals surface area contributed by atoms with Crippen LogP contribution >= 0.6 is 0 Å². The topological polar surface area (TPSA) is 98.5 Å². The Morgan fingerprint density at radius 3 is 2.61 bits per heavy atom. The number of nitrogens with one attached hydrogen (secondary N) is 1. The van der Waals surface area contributed by atoms with Crippen LogP contribution in [0.15, 0.2) is 59.5 Å². The number of anilines is 1. The minimum Gasteiger partial charge on any atom is -0.489 e. The van der Waals surface area contributed by atoms with E-state index in [1.54, 1.807) is 0 Å². The van der Waals surface area contributed by atoms with Crippen molar-refractivity contribution in [3.8, 4) is 5.75 Å². The Hall–Kier alpha value is -3.13. The Morgan fingerprint density at radius 1 is 1.06 bits per heavy atom. The second-order valence-corrected chi connectivity index (χ2v) is 10.1. The number of nitro groups is 1. The van der Waals surface area contributed by atoms with Crippen LogP contribution in [0.4, 0.5) is 11.4 Å². The average Bonchev–Trinajstić information content (AvgIpc) is 3.12. The van der Waals surface area contributed by atoms with E-state index in [9.17, 15) is 18.5 Å². The van der Waals surface area contributed by atoms with Crippen LogP contribution in [0, 0.1) is 16.0 Å². The molecule has 160 valence electrons. The van der Waals surface area contributed by atoms with Gasteiger partial charge in [0.15, 0.2) is 0 Å². The molecule has 0 saturated heterocycles. The third-order valence-electron chi connectivity index (χ3n) is 6.32. The summed E-state index contributed by atoms with van der Waals surface area (Å²) in [6, 6.07) is 14.5. The molecule has 1 fully saturated rings. The third kappa shape index (κ3) is 3.40. The Kier molecular flexibility index (Phi) is 4.62. The number of nitro benzene ring substituents is 1. The van der Waals surface area contributed by atoms with Gasteiger partial charge in [0, 0.05) is 34.4 Å². The first-order valence-electron chi connectivity index (χ1n) is 10.3. The Morgan fingerprint density at radius 2 is 1.84 bits per heavy atom. The van der Waals surface area contributed by atoms with Gasteiger partial charge in [-0.25, -0.2) is 8.42 Å². The van der Waals surface area contributed by atoms with Crippen molar-refractivity contribution in [2.45, 2.75) is 43.1 Å². The maximum atomic E-state index is 13.1. The maximum absolute atomic E-state index is 13.1. The molecule has 8 heteroatoms. The number of sulfonamides is 1. The molecule has 3 aromatic carbocycles. The lowest BCUT2D eigenvalue weighted by molar-refractivity contribution is -0.385. The van der Waals surface area contributed by atoms with Crippen LogP contribution < -0.4 is 9.46 Å². The number of nitrogens with zero attached hydrogens (tertiary/aromatic N) is 1. The van der Waals surface area contributed by atoms with Gasteiger partial charge in [-0.05, 0) is 37.3 Å². The summed E-state index contributed by atoms with van der Waals surface area (Å²) in [5.74, 6) is 1.68. The summed E-state index contributed by atoms with van der Waals surface area (Å²) in [6.07, 6.45) is 3.24. The van der Waals surface area contributed by atoms with Gasteiger partial charge in [-0.15, -0.1) is 0 Å². The Balaban J connectivity index is 1.61. The van der Waals surface area contributed by atoms with Crippen LogP contribution in [0.1, 0.15) is 37.7 Å². The highest BCUT2D eigenvalue weighted by Gasteiger charge is 2.39. The minimum atomic E-state index is -4.01. The molecular weight excluding hydrogens is 416 g/mol. The van der Waals surface area contributed by atoms with Gasteiger partial charge in [0.1, 0.15) is 11.9 Å². The second kappa shape index (κ2) is 7.23. The summed E-state index contributed by atoms with van der Waals surface area (Å²) in [5.41, 5.74) is 1.23. The van der Waals surface area contributed by atoms with Gasteiger partial charge in [0.25, 0.3) is 15.7 Å². The van der Waals surface area contributed by atoms with Crippen molar-refractivity contribution < 1.29 is 18.1 Å². The van der Waals surface area contributed by atoms with E-state index < -0.39 is 14.9 Å². The molecule has 3 atom stereocenters. The van der Waals surface area contributed by atoms with Gasteiger partial charge >= 0.3 is 0 Å². The number of hydrogen-bond acceptors (Lipinski definition) is 5. The van der Waals surface area contributed by atoms with Crippen LogP contribution in [0.2, 0.25) is 0 Å². The van der Waals surface area contributed by atoms with E-state index in [1.807, 2.05) is 30.3 Å². The summed E-state index contributed by atoms with van der Waals surface area (Å²) in [6.45, 7) is 2.24. The molecule has 3 aromatic rings. The van der Waals surface area contributed by atoms with E-state index in [0.717, 1.165) is 47.4 Å². The molecule has 0 unspecified atom stereocenters. The molecule has 1 aliphatic carbocycles. The summed E-state index contributed by atoms with van der Waals surface area (Å²) >= 11 is 0. The Bertz CT molecular complexity index is 1300. The summed E-state index contributed by atoms with van der Waals surface area (Å²) < 4.78 is 35.2. The molecule has 0 bridgehead atoms. The molecule has 0 aromatic heterocycles. The van der Waals surface area contributed by atoms with Crippen LogP contribution in [-0.4, -0.2) is 19.4 Å². The van der Waals surface area contributed by atoms with Gasteiger partial charge in [-0.1, -0.05) is 37.3 Å². The molecule has 1 N–H and O–H groups in total. The first-order valence-corrected chi connectivity index (χ1v) is 11.8.